The summed E-state index contributed by atoms with van der Waals surface area (Å²) in [6.07, 6.45) is 3.12. The van der Waals surface area contributed by atoms with Crippen LogP contribution in [0.3, 0.4) is 0 Å². The molecule has 1 aromatic carbocycles. The van der Waals surface area contributed by atoms with Crippen molar-refractivity contribution in [2.45, 2.75) is 12.8 Å². The standard InChI is InChI=1S/C15H16N2O/c18-14(13-7-2-1-3-8-13)9-6-12-17-15-10-4-5-11-16-15/h1-5,7-8,10-11H,6,9,12H2,(H,16,17). The fourth-order valence-corrected chi connectivity index (χ4v) is 1.70. The highest BCUT2D eigenvalue weighted by Crippen LogP contribution is 2.06. The predicted molar refractivity (Wildman–Crippen MR) is 72.7 cm³/mol. The van der Waals surface area contributed by atoms with Gasteiger partial charge in [-0.1, -0.05) is 36.4 Å². The van der Waals surface area contributed by atoms with Crippen LogP contribution < -0.4 is 5.32 Å². The topological polar surface area (TPSA) is 42.0 Å². The van der Waals surface area contributed by atoms with Crippen molar-refractivity contribution in [3.8, 4) is 0 Å². The first-order chi connectivity index (χ1) is 8.86. The SMILES string of the molecule is O=C(CCCNc1ccccn1)c1ccccc1. The van der Waals surface area contributed by atoms with Gasteiger partial charge in [-0.25, -0.2) is 4.98 Å². The van der Waals surface area contributed by atoms with E-state index in [2.05, 4.69) is 10.3 Å². The summed E-state index contributed by atoms with van der Waals surface area (Å²) in [6, 6.07) is 15.1. The molecule has 2 aromatic rings. The van der Waals surface area contributed by atoms with Crippen molar-refractivity contribution in [1.82, 2.24) is 4.98 Å². The van der Waals surface area contributed by atoms with E-state index in [1.807, 2.05) is 48.5 Å². The van der Waals surface area contributed by atoms with Gasteiger partial charge in [0.15, 0.2) is 5.78 Å². The third kappa shape index (κ3) is 3.70. The van der Waals surface area contributed by atoms with Crippen LogP contribution in [-0.2, 0) is 0 Å². The van der Waals surface area contributed by atoms with Gasteiger partial charge < -0.3 is 5.32 Å². The molecule has 0 fully saturated rings. The second kappa shape index (κ2) is 6.55. The molecule has 2 rings (SSSR count). The number of rotatable bonds is 6. The van der Waals surface area contributed by atoms with Gasteiger partial charge in [-0.2, -0.15) is 0 Å². The van der Waals surface area contributed by atoms with E-state index in [-0.39, 0.29) is 5.78 Å². The molecule has 0 aliphatic rings. The number of Topliss-reactive ketones (excluding diaryl/α,β-unsaturated/α-hetero) is 1. The van der Waals surface area contributed by atoms with Crippen molar-refractivity contribution >= 4 is 11.6 Å². The average molecular weight is 240 g/mol. The number of pyridine rings is 1. The highest BCUT2D eigenvalue weighted by atomic mass is 16.1. The second-order valence-electron chi connectivity index (χ2n) is 4.03. The van der Waals surface area contributed by atoms with Crippen LogP contribution in [0.15, 0.2) is 54.7 Å². The first-order valence-electron chi connectivity index (χ1n) is 6.09. The summed E-state index contributed by atoms with van der Waals surface area (Å²) in [7, 11) is 0. The molecule has 0 spiro atoms. The third-order valence-corrected chi connectivity index (χ3v) is 2.65. The zero-order chi connectivity index (χ0) is 12.6. The molecule has 1 N–H and O–H groups in total. The molecule has 0 aliphatic heterocycles. The smallest absolute Gasteiger partial charge is 0.162 e. The Morgan fingerprint density at radius 2 is 1.83 bits per heavy atom. The lowest BCUT2D eigenvalue weighted by Crippen LogP contribution is -2.06. The van der Waals surface area contributed by atoms with Gasteiger partial charge in [0.25, 0.3) is 0 Å². The van der Waals surface area contributed by atoms with Crippen LogP contribution in [0.25, 0.3) is 0 Å². The van der Waals surface area contributed by atoms with Gasteiger partial charge in [0.1, 0.15) is 5.82 Å². The molecule has 0 amide bonds. The van der Waals surface area contributed by atoms with Crippen molar-refractivity contribution in [3.05, 3.63) is 60.3 Å². The maximum atomic E-state index is 11.8. The summed E-state index contributed by atoms with van der Waals surface area (Å²) < 4.78 is 0. The van der Waals surface area contributed by atoms with Crippen molar-refractivity contribution < 1.29 is 4.79 Å². The lowest BCUT2D eigenvalue weighted by atomic mass is 10.1. The van der Waals surface area contributed by atoms with E-state index in [0.717, 1.165) is 24.3 Å². The van der Waals surface area contributed by atoms with Crippen molar-refractivity contribution in [3.63, 3.8) is 0 Å². The number of carbonyl (C=O) groups excluding carboxylic acids is 1. The molecule has 3 nitrogen and oxygen atoms in total. The van der Waals surface area contributed by atoms with Crippen molar-refractivity contribution in [2.24, 2.45) is 0 Å². The first kappa shape index (κ1) is 12.3. The molecule has 0 aliphatic carbocycles. The van der Waals surface area contributed by atoms with Gasteiger partial charge in [-0.05, 0) is 18.6 Å². The summed E-state index contributed by atoms with van der Waals surface area (Å²) in [5.41, 5.74) is 0.787. The largest absolute Gasteiger partial charge is 0.370 e. The minimum Gasteiger partial charge on any atom is -0.370 e. The molecule has 0 saturated carbocycles. The third-order valence-electron chi connectivity index (χ3n) is 2.65. The highest BCUT2D eigenvalue weighted by molar-refractivity contribution is 5.95. The Morgan fingerprint density at radius 1 is 1.06 bits per heavy atom. The van der Waals surface area contributed by atoms with E-state index < -0.39 is 0 Å². The van der Waals surface area contributed by atoms with E-state index in [0.29, 0.717) is 6.42 Å². The molecule has 92 valence electrons. The van der Waals surface area contributed by atoms with E-state index >= 15 is 0 Å². The zero-order valence-electron chi connectivity index (χ0n) is 10.2. The molecule has 0 unspecified atom stereocenters. The number of ketones is 1. The molecular weight excluding hydrogens is 224 g/mol. The zero-order valence-corrected chi connectivity index (χ0v) is 10.2. The number of hydrogen-bond acceptors (Lipinski definition) is 3. The number of aromatic nitrogens is 1. The van der Waals surface area contributed by atoms with Crippen LogP contribution in [0, 0.1) is 0 Å². The van der Waals surface area contributed by atoms with Crippen LogP contribution in [0.4, 0.5) is 5.82 Å². The van der Waals surface area contributed by atoms with Gasteiger partial charge in [-0.3, -0.25) is 4.79 Å². The van der Waals surface area contributed by atoms with Gasteiger partial charge in [0.05, 0.1) is 0 Å². The number of nitrogens with zero attached hydrogens (tertiary/aromatic N) is 1. The fourth-order valence-electron chi connectivity index (χ4n) is 1.70. The molecule has 1 aromatic heterocycles. The predicted octanol–water partition coefficient (Wildman–Crippen LogP) is 3.16. The minimum absolute atomic E-state index is 0.193. The Hall–Kier alpha value is -2.16. The Balaban J connectivity index is 1.72. The molecule has 0 bridgehead atoms. The van der Waals surface area contributed by atoms with Crippen LogP contribution >= 0.6 is 0 Å². The number of nitrogens with one attached hydrogen (secondary N) is 1. The molecular formula is C15H16N2O. The first-order valence-corrected chi connectivity index (χ1v) is 6.09. The molecule has 0 saturated heterocycles. The molecule has 0 radical (unpaired) electrons. The van der Waals surface area contributed by atoms with Gasteiger partial charge >= 0.3 is 0 Å². The van der Waals surface area contributed by atoms with Gasteiger partial charge in [0, 0.05) is 24.7 Å². The molecule has 1 heterocycles. The Labute approximate surface area is 107 Å². The molecule has 18 heavy (non-hydrogen) atoms. The average Bonchev–Trinajstić information content (AvgIpc) is 2.45. The minimum atomic E-state index is 0.193. The molecule has 0 atom stereocenters. The fraction of sp³-hybridized carbons (Fsp3) is 0.200. The normalized spacial score (nSPS) is 10.0. The number of carbonyl (C=O) groups is 1. The van der Waals surface area contributed by atoms with Gasteiger partial charge in [0.2, 0.25) is 0 Å². The Morgan fingerprint density at radius 3 is 2.56 bits per heavy atom. The Bertz CT molecular complexity index is 482. The quantitative estimate of drug-likeness (QED) is 0.623. The van der Waals surface area contributed by atoms with Crippen molar-refractivity contribution in [1.29, 1.82) is 0 Å². The van der Waals surface area contributed by atoms with E-state index in [1.165, 1.54) is 0 Å². The van der Waals surface area contributed by atoms with Crippen LogP contribution in [0.2, 0.25) is 0 Å². The number of hydrogen-bond donors (Lipinski definition) is 1. The summed E-state index contributed by atoms with van der Waals surface area (Å²) in [4.78, 5) is 16.0. The monoisotopic (exact) mass is 240 g/mol. The lowest BCUT2D eigenvalue weighted by molar-refractivity contribution is 0.0981. The second-order valence-corrected chi connectivity index (χ2v) is 4.03. The summed E-state index contributed by atoms with van der Waals surface area (Å²) in [5, 5.41) is 3.19. The van der Waals surface area contributed by atoms with Crippen molar-refractivity contribution in [2.75, 3.05) is 11.9 Å². The maximum Gasteiger partial charge on any atom is 0.162 e. The molecule has 3 heteroatoms. The van der Waals surface area contributed by atoms with E-state index in [1.54, 1.807) is 6.20 Å². The summed E-state index contributed by atoms with van der Waals surface area (Å²) in [5.74, 6) is 1.04. The maximum absolute atomic E-state index is 11.8. The van der Waals surface area contributed by atoms with Crippen LogP contribution in [0.5, 0.6) is 0 Å². The lowest BCUT2D eigenvalue weighted by Gasteiger charge is -2.04. The van der Waals surface area contributed by atoms with E-state index in [4.69, 9.17) is 0 Å². The summed E-state index contributed by atoms with van der Waals surface area (Å²) >= 11 is 0. The Kier molecular flexibility index (Phi) is 4.47. The summed E-state index contributed by atoms with van der Waals surface area (Å²) in [6.45, 7) is 0.760. The van der Waals surface area contributed by atoms with Crippen LogP contribution in [0.1, 0.15) is 23.2 Å². The highest BCUT2D eigenvalue weighted by Gasteiger charge is 2.03. The number of benzene rings is 1. The van der Waals surface area contributed by atoms with Gasteiger partial charge in [-0.15, -0.1) is 0 Å². The van der Waals surface area contributed by atoms with E-state index in [9.17, 15) is 4.79 Å². The number of anilines is 1. The van der Waals surface area contributed by atoms with Crippen LogP contribution in [-0.4, -0.2) is 17.3 Å².